The molecule has 0 unspecified atom stereocenters. The second kappa shape index (κ2) is 1.82. The first-order chi connectivity index (χ1) is 4.38. The number of halogens is 1. The van der Waals surface area contributed by atoms with Gasteiger partial charge in [0.2, 0.25) is 0 Å². The average molecular weight is 204 g/mol. The van der Waals surface area contributed by atoms with Gasteiger partial charge in [-0.15, -0.1) is 11.3 Å². The molecule has 2 rings (SSSR count). The summed E-state index contributed by atoms with van der Waals surface area (Å²) in [6.45, 7) is 0. The van der Waals surface area contributed by atoms with Crippen LogP contribution in [-0.2, 0) is 0 Å². The predicted octanol–water partition coefficient (Wildman–Crippen LogP) is 2.65. The van der Waals surface area contributed by atoms with Gasteiger partial charge in [-0.3, -0.25) is 0 Å². The van der Waals surface area contributed by atoms with E-state index in [4.69, 9.17) is 4.42 Å². The molecule has 9 heavy (non-hydrogen) atoms. The van der Waals surface area contributed by atoms with E-state index in [2.05, 4.69) is 20.9 Å². The fourth-order valence-corrected chi connectivity index (χ4v) is 1.87. The van der Waals surface area contributed by atoms with Gasteiger partial charge in [-0.25, -0.2) is 4.98 Å². The minimum Gasteiger partial charge on any atom is -0.443 e. The molecule has 0 aliphatic heterocycles. The van der Waals surface area contributed by atoms with Crippen molar-refractivity contribution in [3.8, 4) is 0 Å². The molecule has 2 heterocycles. The summed E-state index contributed by atoms with van der Waals surface area (Å²) < 4.78 is 6.04. The summed E-state index contributed by atoms with van der Waals surface area (Å²) in [5, 5.41) is 1.92. The first kappa shape index (κ1) is 5.44. The van der Waals surface area contributed by atoms with Crippen molar-refractivity contribution in [3.05, 3.63) is 15.6 Å². The third kappa shape index (κ3) is 0.702. The lowest BCUT2D eigenvalue weighted by Gasteiger charge is -1.70. The molecule has 0 aromatic carbocycles. The molecular weight excluding hydrogens is 202 g/mol. The first-order valence-corrected chi connectivity index (χ1v) is 4.01. The highest BCUT2D eigenvalue weighted by atomic mass is 79.9. The molecule has 46 valence electrons. The Balaban J connectivity index is 2.99. The molecule has 0 saturated carbocycles. The summed E-state index contributed by atoms with van der Waals surface area (Å²) in [4.78, 5) is 3.98. The summed E-state index contributed by atoms with van der Waals surface area (Å²) >= 11 is 4.93. The van der Waals surface area contributed by atoms with E-state index in [0.717, 1.165) is 14.9 Å². The van der Waals surface area contributed by atoms with E-state index >= 15 is 0 Å². The van der Waals surface area contributed by atoms with Gasteiger partial charge < -0.3 is 4.42 Å². The Bertz CT molecular complexity index is 326. The molecule has 0 saturated heterocycles. The van der Waals surface area contributed by atoms with E-state index in [1.165, 1.54) is 6.39 Å². The highest BCUT2D eigenvalue weighted by Crippen LogP contribution is 2.28. The second-order valence-corrected chi connectivity index (χ2v) is 3.77. The van der Waals surface area contributed by atoms with E-state index in [1.54, 1.807) is 11.3 Å². The second-order valence-electron chi connectivity index (χ2n) is 1.57. The third-order valence-electron chi connectivity index (χ3n) is 1.05. The number of nitrogens with zero attached hydrogens (tertiary/aromatic N) is 1. The molecule has 0 aliphatic rings. The normalized spacial score (nSPS) is 10.8. The third-order valence-corrected chi connectivity index (χ3v) is 2.72. The van der Waals surface area contributed by atoms with Crippen molar-refractivity contribution in [1.29, 1.82) is 0 Å². The van der Waals surface area contributed by atoms with Crippen molar-refractivity contribution in [1.82, 2.24) is 4.98 Å². The standard InChI is InChI=1S/C5H2BrNOS/c6-5-4-3(1-9-5)8-2-7-4/h1-2H. The molecule has 0 N–H and O–H groups in total. The largest absolute Gasteiger partial charge is 0.443 e. The maximum atomic E-state index is 5.01. The molecule has 0 spiro atoms. The Kier molecular flexibility index (Phi) is 1.10. The van der Waals surface area contributed by atoms with Gasteiger partial charge in [-0.2, -0.15) is 0 Å². The molecule has 2 aromatic rings. The van der Waals surface area contributed by atoms with E-state index in [-0.39, 0.29) is 0 Å². The quantitative estimate of drug-likeness (QED) is 0.659. The fraction of sp³-hybridized carbons (Fsp3) is 0. The lowest BCUT2D eigenvalue weighted by atomic mass is 10.6. The number of rotatable bonds is 0. The number of fused-ring (bicyclic) bond motifs is 1. The van der Waals surface area contributed by atoms with Crippen LogP contribution in [0.5, 0.6) is 0 Å². The van der Waals surface area contributed by atoms with Crippen LogP contribution in [0.3, 0.4) is 0 Å². The monoisotopic (exact) mass is 203 g/mol. The van der Waals surface area contributed by atoms with Gasteiger partial charge in [-0.1, -0.05) is 0 Å². The highest BCUT2D eigenvalue weighted by molar-refractivity contribution is 9.11. The van der Waals surface area contributed by atoms with Gasteiger partial charge in [-0.05, 0) is 15.9 Å². The van der Waals surface area contributed by atoms with E-state index in [1.807, 2.05) is 5.38 Å². The van der Waals surface area contributed by atoms with Crippen LogP contribution >= 0.6 is 27.3 Å². The van der Waals surface area contributed by atoms with Crippen LogP contribution < -0.4 is 0 Å². The fourth-order valence-electron chi connectivity index (χ4n) is 0.648. The van der Waals surface area contributed by atoms with Gasteiger partial charge in [0.15, 0.2) is 12.0 Å². The molecule has 0 amide bonds. The van der Waals surface area contributed by atoms with Crippen molar-refractivity contribution in [2.45, 2.75) is 0 Å². The zero-order valence-corrected chi connectivity index (χ0v) is 6.70. The van der Waals surface area contributed by atoms with Crippen LogP contribution in [0.4, 0.5) is 0 Å². The number of hydrogen-bond donors (Lipinski definition) is 0. The molecule has 0 atom stereocenters. The molecular formula is C5H2BrNOS. The first-order valence-electron chi connectivity index (χ1n) is 2.34. The zero-order valence-electron chi connectivity index (χ0n) is 4.30. The Morgan fingerprint density at radius 1 is 1.67 bits per heavy atom. The highest BCUT2D eigenvalue weighted by Gasteiger charge is 2.03. The molecule has 2 nitrogen and oxygen atoms in total. The van der Waals surface area contributed by atoms with Gasteiger partial charge in [0.25, 0.3) is 0 Å². The van der Waals surface area contributed by atoms with Gasteiger partial charge in [0.1, 0.15) is 5.52 Å². The Morgan fingerprint density at radius 2 is 2.56 bits per heavy atom. The lowest BCUT2D eigenvalue weighted by molar-refractivity contribution is 0.603. The van der Waals surface area contributed by atoms with E-state index in [9.17, 15) is 0 Å². The van der Waals surface area contributed by atoms with Gasteiger partial charge in [0, 0.05) is 5.38 Å². The molecule has 4 heteroatoms. The maximum Gasteiger partial charge on any atom is 0.182 e. The van der Waals surface area contributed by atoms with Gasteiger partial charge in [0.05, 0.1) is 3.79 Å². The lowest BCUT2D eigenvalue weighted by Crippen LogP contribution is -1.54. The summed E-state index contributed by atoms with van der Waals surface area (Å²) in [6, 6.07) is 0. The number of thiophene rings is 1. The maximum absolute atomic E-state index is 5.01. The van der Waals surface area contributed by atoms with E-state index in [0.29, 0.717) is 0 Å². The average Bonchev–Trinajstić information content (AvgIpc) is 2.35. The summed E-state index contributed by atoms with van der Waals surface area (Å²) in [5.74, 6) is 0. The molecule has 0 fully saturated rings. The molecule has 0 aliphatic carbocycles. The minimum atomic E-state index is 0.854. The Morgan fingerprint density at radius 3 is 3.33 bits per heavy atom. The van der Waals surface area contributed by atoms with Gasteiger partial charge >= 0.3 is 0 Å². The van der Waals surface area contributed by atoms with Crippen molar-refractivity contribution in [2.24, 2.45) is 0 Å². The molecule has 2 aromatic heterocycles. The SMILES string of the molecule is Brc1scc2ocnc12. The number of hydrogen-bond acceptors (Lipinski definition) is 3. The minimum absolute atomic E-state index is 0.854. The van der Waals surface area contributed by atoms with Crippen LogP contribution in [0.15, 0.2) is 20.0 Å². The van der Waals surface area contributed by atoms with E-state index < -0.39 is 0 Å². The zero-order chi connectivity index (χ0) is 6.27. The van der Waals surface area contributed by atoms with Crippen molar-refractivity contribution in [3.63, 3.8) is 0 Å². The predicted molar refractivity (Wildman–Crippen MR) is 39.6 cm³/mol. The summed E-state index contributed by atoms with van der Waals surface area (Å²) in [6.07, 6.45) is 1.45. The molecule has 0 radical (unpaired) electrons. The van der Waals surface area contributed by atoms with Crippen LogP contribution in [0.1, 0.15) is 0 Å². The molecule has 0 bridgehead atoms. The van der Waals surface area contributed by atoms with Crippen molar-refractivity contribution < 1.29 is 4.42 Å². The van der Waals surface area contributed by atoms with Crippen molar-refractivity contribution in [2.75, 3.05) is 0 Å². The van der Waals surface area contributed by atoms with Crippen LogP contribution in [0.2, 0.25) is 0 Å². The van der Waals surface area contributed by atoms with Crippen molar-refractivity contribution >= 4 is 38.4 Å². The van der Waals surface area contributed by atoms with Crippen LogP contribution in [-0.4, -0.2) is 4.98 Å². The number of oxazole rings is 1. The summed E-state index contributed by atoms with van der Waals surface area (Å²) in [7, 11) is 0. The van der Waals surface area contributed by atoms with Crippen LogP contribution in [0, 0.1) is 0 Å². The Hall–Kier alpha value is -0.350. The summed E-state index contributed by atoms with van der Waals surface area (Å²) in [5.41, 5.74) is 1.77. The topological polar surface area (TPSA) is 26.0 Å². The smallest absolute Gasteiger partial charge is 0.182 e. The Labute approximate surface area is 63.6 Å². The van der Waals surface area contributed by atoms with Crippen LogP contribution in [0.25, 0.3) is 11.1 Å². The number of aromatic nitrogens is 1.